The normalized spacial score (nSPS) is 13.0. The monoisotopic (exact) mass is 342 g/mol. The van der Waals surface area contributed by atoms with Gasteiger partial charge in [0.15, 0.2) is 5.76 Å². The lowest BCUT2D eigenvalue weighted by atomic mass is 10.1. The van der Waals surface area contributed by atoms with Crippen molar-refractivity contribution < 1.29 is 17.6 Å². The van der Waals surface area contributed by atoms with Crippen LogP contribution < -0.4 is 10.0 Å². The van der Waals surface area contributed by atoms with Gasteiger partial charge in [-0.15, -0.1) is 0 Å². The van der Waals surface area contributed by atoms with Gasteiger partial charge in [0.2, 0.25) is 10.0 Å². The predicted octanol–water partition coefficient (Wildman–Crippen LogP) is 1.75. The van der Waals surface area contributed by atoms with Crippen molar-refractivity contribution >= 4 is 27.3 Å². The Morgan fingerprint density at radius 3 is 2.77 bits per heavy atom. The smallest absolute Gasteiger partial charge is 0.287 e. The minimum absolute atomic E-state index is 0.0233. The van der Waals surface area contributed by atoms with Gasteiger partial charge in [0.1, 0.15) is 5.76 Å². The van der Waals surface area contributed by atoms with Crippen LogP contribution in [-0.2, 0) is 23.0 Å². The van der Waals surface area contributed by atoms with Crippen LogP contribution in [0.2, 0.25) is 0 Å². The largest absolute Gasteiger partial charge is 0.455 e. The van der Waals surface area contributed by atoms with E-state index in [4.69, 9.17) is 4.42 Å². The van der Waals surface area contributed by atoms with Crippen LogP contribution in [0, 0.1) is 0 Å². The van der Waals surface area contributed by atoms with Gasteiger partial charge in [-0.3, -0.25) is 4.79 Å². The molecule has 6 nitrogen and oxygen atoms in total. The van der Waals surface area contributed by atoms with Gasteiger partial charge < -0.3 is 9.73 Å². The van der Waals surface area contributed by atoms with Crippen molar-refractivity contribution in [2.45, 2.75) is 25.9 Å². The molecule has 0 fully saturated rings. The molecule has 0 spiro atoms. The minimum atomic E-state index is -3.29. The Morgan fingerprint density at radius 1 is 1.36 bits per heavy atom. The Kier molecular flexibility index (Phi) is 5.38. The quantitative estimate of drug-likeness (QED) is 0.802. The highest BCUT2D eigenvalue weighted by atomic mass is 32.2. The molecule has 2 rings (SSSR count). The van der Waals surface area contributed by atoms with E-state index >= 15 is 0 Å². The van der Waals surface area contributed by atoms with Crippen molar-refractivity contribution in [2.75, 3.05) is 6.26 Å². The third-order valence-electron chi connectivity index (χ3n) is 2.89. The molecular formula is C14H18N2O4S2. The molecule has 120 valence electrons. The number of furan rings is 1. The van der Waals surface area contributed by atoms with Gasteiger partial charge in [0.25, 0.3) is 5.91 Å². The van der Waals surface area contributed by atoms with Gasteiger partial charge in [0, 0.05) is 6.04 Å². The third kappa shape index (κ3) is 5.28. The van der Waals surface area contributed by atoms with Crippen molar-refractivity contribution in [3.05, 3.63) is 46.0 Å². The van der Waals surface area contributed by atoms with E-state index in [0.717, 1.165) is 12.7 Å². The van der Waals surface area contributed by atoms with Crippen molar-refractivity contribution in [2.24, 2.45) is 0 Å². The van der Waals surface area contributed by atoms with Crippen LogP contribution in [0.25, 0.3) is 0 Å². The number of nitrogens with one attached hydrogen (secondary N) is 2. The number of carbonyl (C=O) groups excluding carboxylic acids is 1. The fourth-order valence-corrected chi connectivity index (χ4v) is 2.99. The highest BCUT2D eigenvalue weighted by Crippen LogP contribution is 2.11. The number of carbonyl (C=O) groups is 1. The average Bonchev–Trinajstić information content (AvgIpc) is 3.05. The zero-order chi connectivity index (χ0) is 16.2. The van der Waals surface area contributed by atoms with E-state index in [-0.39, 0.29) is 24.3 Å². The van der Waals surface area contributed by atoms with Gasteiger partial charge in [-0.05, 0) is 47.9 Å². The maximum atomic E-state index is 12.1. The number of hydrogen-bond acceptors (Lipinski definition) is 5. The standard InChI is InChI=1S/C14H18N2O4S2/c1-10(7-11-5-6-21-9-11)16-14(17)13-4-3-12(20-13)8-15-22(2,18)19/h3-6,9-10,15H,7-8H2,1-2H3,(H,16,17)/t10-/m0/s1. The number of amides is 1. The first-order chi connectivity index (χ1) is 10.3. The molecule has 22 heavy (non-hydrogen) atoms. The van der Waals surface area contributed by atoms with Gasteiger partial charge in [-0.1, -0.05) is 0 Å². The zero-order valence-electron chi connectivity index (χ0n) is 12.3. The Hall–Kier alpha value is -1.64. The summed E-state index contributed by atoms with van der Waals surface area (Å²) in [5, 5.41) is 6.90. The second-order valence-corrected chi connectivity index (χ2v) is 7.68. The highest BCUT2D eigenvalue weighted by molar-refractivity contribution is 7.88. The van der Waals surface area contributed by atoms with Crippen molar-refractivity contribution in [1.29, 1.82) is 0 Å². The minimum Gasteiger partial charge on any atom is -0.455 e. The molecule has 0 aliphatic rings. The van der Waals surface area contributed by atoms with Crippen LogP contribution in [0.3, 0.4) is 0 Å². The fraction of sp³-hybridized carbons (Fsp3) is 0.357. The van der Waals surface area contributed by atoms with E-state index in [1.165, 1.54) is 11.6 Å². The van der Waals surface area contributed by atoms with Crippen LogP contribution in [0.15, 0.2) is 33.4 Å². The number of hydrogen-bond donors (Lipinski definition) is 2. The summed E-state index contributed by atoms with van der Waals surface area (Å²) in [6, 6.07) is 5.11. The SMILES string of the molecule is C[C@@H](Cc1ccsc1)NC(=O)c1ccc(CNS(C)(=O)=O)o1. The number of thiophene rings is 1. The first-order valence-corrected chi connectivity index (χ1v) is 9.52. The summed E-state index contributed by atoms with van der Waals surface area (Å²) in [5.41, 5.74) is 1.18. The number of sulfonamides is 1. The summed E-state index contributed by atoms with van der Waals surface area (Å²) in [6.07, 6.45) is 1.81. The van der Waals surface area contributed by atoms with E-state index in [0.29, 0.717) is 5.76 Å². The summed E-state index contributed by atoms with van der Waals surface area (Å²) in [6.45, 7) is 1.95. The van der Waals surface area contributed by atoms with Crippen molar-refractivity contribution in [3.8, 4) is 0 Å². The highest BCUT2D eigenvalue weighted by Gasteiger charge is 2.15. The molecule has 0 unspecified atom stereocenters. The van der Waals surface area contributed by atoms with Crippen LogP contribution in [0.5, 0.6) is 0 Å². The second-order valence-electron chi connectivity index (χ2n) is 5.07. The van der Waals surface area contributed by atoms with E-state index in [1.807, 2.05) is 23.8 Å². The molecule has 0 aliphatic heterocycles. The Labute approximate surface area is 133 Å². The van der Waals surface area contributed by atoms with E-state index in [9.17, 15) is 13.2 Å². The molecule has 0 bridgehead atoms. The molecule has 0 aliphatic carbocycles. The average molecular weight is 342 g/mol. The molecular weight excluding hydrogens is 324 g/mol. The molecule has 0 saturated carbocycles. The van der Waals surface area contributed by atoms with E-state index < -0.39 is 10.0 Å². The molecule has 2 aromatic heterocycles. The molecule has 2 N–H and O–H groups in total. The lowest BCUT2D eigenvalue weighted by Crippen LogP contribution is -2.33. The molecule has 1 atom stereocenters. The lowest BCUT2D eigenvalue weighted by molar-refractivity contribution is 0.0910. The summed E-state index contributed by atoms with van der Waals surface area (Å²) in [4.78, 5) is 12.1. The van der Waals surface area contributed by atoms with Gasteiger partial charge in [0.05, 0.1) is 12.8 Å². The Bertz CT molecular complexity index is 720. The fourth-order valence-electron chi connectivity index (χ4n) is 1.91. The predicted molar refractivity (Wildman–Crippen MR) is 85.3 cm³/mol. The van der Waals surface area contributed by atoms with Gasteiger partial charge in [-0.2, -0.15) is 11.3 Å². The molecule has 2 aromatic rings. The van der Waals surface area contributed by atoms with E-state index in [1.54, 1.807) is 17.4 Å². The topological polar surface area (TPSA) is 88.4 Å². The third-order valence-corrected chi connectivity index (χ3v) is 4.29. The summed E-state index contributed by atoms with van der Waals surface area (Å²) in [5.74, 6) is 0.247. The lowest BCUT2D eigenvalue weighted by Gasteiger charge is -2.11. The van der Waals surface area contributed by atoms with Crippen molar-refractivity contribution in [3.63, 3.8) is 0 Å². The van der Waals surface area contributed by atoms with Gasteiger partial charge in [-0.25, -0.2) is 13.1 Å². The van der Waals surface area contributed by atoms with Crippen LogP contribution in [-0.4, -0.2) is 26.6 Å². The maximum Gasteiger partial charge on any atom is 0.287 e. The zero-order valence-corrected chi connectivity index (χ0v) is 14.0. The van der Waals surface area contributed by atoms with Crippen LogP contribution >= 0.6 is 11.3 Å². The van der Waals surface area contributed by atoms with E-state index in [2.05, 4.69) is 10.0 Å². The molecule has 0 saturated heterocycles. The molecule has 8 heteroatoms. The summed E-state index contributed by atoms with van der Waals surface area (Å²) < 4.78 is 29.7. The first-order valence-electron chi connectivity index (χ1n) is 6.69. The van der Waals surface area contributed by atoms with Gasteiger partial charge >= 0.3 is 0 Å². The van der Waals surface area contributed by atoms with Crippen LogP contribution in [0.4, 0.5) is 0 Å². The Balaban J connectivity index is 1.88. The maximum absolute atomic E-state index is 12.1. The number of rotatable bonds is 7. The first kappa shape index (κ1) is 16.7. The molecule has 0 aromatic carbocycles. The molecule has 2 heterocycles. The second kappa shape index (κ2) is 7.08. The summed E-state index contributed by atoms with van der Waals surface area (Å²) >= 11 is 1.62. The van der Waals surface area contributed by atoms with Crippen LogP contribution in [0.1, 0.15) is 28.8 Å². The van der Waals surface area contributed by atoms with Crippen molar-refractivity contribution in [1.82, 2.24) is 10.0 Å². The Morgan fingerprint density at radius 2 is 2.14 bits per heavy atom. The molecule has 0 radical (unpaired) electrons. The molecule has 1 amide bonds. The summed E-state index contributed by atoms with van der Waals surface area (Å²) in [7, 11) is -3.29.